The second-order valence-electron chi connectivity index (χ2n) is 4.61. The molecule has 0 N–H and O–H groups in total. The zero-order valence-corrected chi connectivity index (χ0v) is 15.0. The number of rotatable bonds is 6. The van der Waals surface area contributed by atoms with Crippen molar-refractivity contribution < 1.29 is 13.1 Å². The van der Waals surface area contributed by atoms with E-state index in [0.717, 1.165) is 58.9 Å². The third-order valence-corrected chi connectivity index (χ3v) is 3.03. The molecule has 4 nitrogen and oxygen atoms in total. The van der Waals surface area contributed by atoms with E-state index in [-0.39, 0.29) is 13.1 Å². The van der Waals surface area contributed by atoms with E-state index in [1.165, 1.54) is 19.3 Å². The van der Waals surface area contributed by atoms with Gasteiger partial charge in [0.2, 0.25) is 0 Å². The summed E-state index contributed by atoms with van der Waals surface area (Å²) in [4.78, 5) is 2.49. The van der Waals surface area contributed by atoms with Crippen molar-refractivity contribution in [1.82, 2.24) is 4.90 Å². The second kappa shape index (κ2) is 18.0. The van der Waals surface area contributed by atoms with Crippen LogP contribution in [0.3, 0.4) is 0 Å². The summed E-state index contributed by atoms with van der Waals surface area (Å²) < 4.78 is 0. The molecular weight excluding hydrogens is 339 g/mol. The van der Waals surface area contributed by atoms with E-state index in [1.54, 1.807) is 0 Å². The Morgan fingerprint density at radius 2 is 1.75 bits per heavy atom. The summed E-state index contributed by atoms with van der Waals surface area (Å²) in [5.41, 5.74) is 0. The van der Waals surface area contributed by atoms with Crippen molar-refractivity contribution in [2.75, 3.05) is 58.9 Å². The number of hydrogen-bond acceptors (Lipinski definition) is 1. The summed E-state index contributed by atoms with van der Waals surface area (Å²) in [7, 11) is 9.53. The van der Waals surface area contributed by atoms with Crippen LogP contribution in [-0.2, 0) is 13.1 Å². The quantitative estimate of drug-likeness (QED) is 0.518. The zero-order valence-electron chi connectivity index (χ0n) is 12.4. The molecule has 0 saturated carbocycles. The first-order valence-corrected chi connectivity index (χ1v) is 10.4. The zero-order chi connectivity index (χ0) is 14.9. The molecule has 0 atom stereocenters. The van der Waals surface area contributed by atoms with Crippen molar-refractivity contribution in [3.05, 3.63) is 16.0 Å². The van der Waals surface area contributed by atoms with Gasteiger partial charge in [-0.1, -0.05) is 26.2 Å². The molecule has 7 heteroatoms. The van der Waals surface area contributed by atoms with Crippen LogP contribution in [0.15, 0.2) is 0 Å². The van der Waals surface area contributed by atoms with Crippen LogP contribution in [0.4, 0.5) is 0 Å². The van der Waals surface area contributed by atoms with Crippen molar-refractivity contribution in [2.45, 2.75) is 26.2 Å². The maximum absolute atomic E-state index is 4.76. The van der Waals surface area contributed by atoms with Crippen molar-refractivity contribution in [3.63, 3.8) is 0 Å². The van der Waals surface area contributed by atoms with Crippen LogP contribution in [0.25, 0.3) is 16.0 Å². The normalized spacial score (nSPS) is 18.4. The molecule has 0 radical (unpaired) electrons. The molecule has 0 spiro atoms. The van der Waals surface area contributed by atoms with Crippen molar-refractivity contribution in [1.29, 1.82) is 0 Å². The van der Waals surface area contributed by atoms with Gasteiger partial charge >= 0.3 is 33.3 Å². The van der Waals surface area contributed by atoms with Gasteiger partial charge in [0, 0.05) is 0 Å². The van der Waals surface area contributed by atoms with Crippen LogP contribution in [0, 0.1) is 0 Å². The first-order chi connectivity index (χ1) is 9.85. The Kier molecular flexibility index (Phi) is 18.8. The van der Waals surface area contributed by atoms with Gasteiger partial charge < -0.3 is 20.9 Å². The fourth-order valence-electron chi connectivity index (χ4n) is 1.91. The van der Waals surface area contributed by atoms with Crippen LogP contribution in [0.1, 0.15) is 26.2 Å². The van der Waals surface area contributed by atoms with Crippen LogP contribution in [0.5, 0.6) is 0 Å². The van der Waals surface area contributed by atoms with Gasteiger partial charge in [-0.2, -0.15) is 13.1 Å². The summed E-state index contributed by atoms with van der Waals surface area (Å²) in [5, 5.41) is 13.5. The summed E-state index contributed by atoms with van der Waals surface area (Å²) in [5.74, 6) is 0. The Morgan fingerprint density at radius 3 is 2.45 bits per heavy atom. The first kappa shape index (κ1) is 20.9. The van der Waals surface area contributed by atoms with Crippen LogP contribution in [0.2, 0.25) is 0 Å². The number of nitrogens with zero attached hydrogens (tertiary/aromatic N) is 4. The van der Waals surface area contributed by atoms with Crippen molar-refractivity contribution in [3.8, 4) is 0 Å². The molecule has 0 bridgehead atoms. The van der Waals surface area contributed by atoms with Gasteiger partial charge in [0.25, 0.3) is 0 Å². The summed E-state index contributed by atoms with van der Waals surface area (Å²) >= 11 is 0.194. The summed E-state index contributed by atoms with van der Waals surface area (Å²) in [6, 6.07) is 0. The van der Waals surface area contributed by atoms with Crippen molar-refractivity contribution >= 4 is 20.2 Å². The third kappa shape index (κ3) is 15.3. The average Bonchev–Trinajstić information content (AvgIpc) is 2.46. The summed E-state index contributed by atoms with van der Waals surface area (Å²) in [6.07, 6.45) is 3.66. The molecule has 0 aliphatic carbocycles. The van der Waals surface area contributed by atoms with E-state index < -0.39 is 0 Å². The van der Waals surface area contributed by atoms with Gasteiger partial charge in [-0.15, -0.1) is 26.2 Å². The minimum atomic E-state index is 0.194. The molecule has 124 valence electrons. The summed E-state index contributed by atoms with van der Waals surface area (Å²) in [6.45, 7) is 11.4. The molecule has 1 saturated heterocycles. The molecule has 1 aliphatic rings. The molecule has 1 rings (SSSR count). The van der Waals surface area contributed by atoms with Crippen LogP contribution >= 0.6 is 20.2 Å². The second-order valence-corrected chi connectivity index (χ2v) is 6.44. The fraction of sp³-hybridized carbons (Fsp3) is 1.00. The maximum atomic E-state index is 4.76. The van der Waals surface area contributed by atoms with Gasteiger partial charge in [0.1, 0.15) is 0 Å². The Morgan fingerprint density at radius 1 is 1.05 bits per heavy atom. The molecule has 0 unspecified atom stereocenters. The van der Waals surface area contributed by atoms with E-state index in [9.17, 15) is 0 Å². The van der Waals surface area contributed by atoms with E-state index in [1.807, 2.05) is 0 Å². The molecule has 1 aliphatic heterocycles. The Labute approximate surface area is 139 Å². The van der Waals surface area contributed by atoms with E-state index in [2.05, 4.69) is 27.8 Å². The van der Waals surface area contributed by atoms with E-state index in [4.69, 9.17) is 20.2 Å². The van der Waals surface area contributed by atoms with E-state index in [0.29, 0.717) is 0 Å². The Hall–Kier alpha value is 0.939. The molecule has 20 heavy (non-hydrogen) atoms. The first-order valence-electron chi connectivity index (χ1n) is 7.32. The van der Waals surface area contributed by atoms with E-state index >= 15 is 0 Å². The van der Waals surface area contributed by atoms with Crippen LogP contribution < -0.4 is 0 Å². The Bertz CT molecular complexity index is 180. The van der Waals surface area contributed by atoms with Crippen LogP contribution in [-0.4, -0.2) is 63.8 Å². The van der Waals surface area contributed by atoms with Crippen molar-refractivity contribution in [2.24, 2.45) is 0 Å². The fourth-order valence-corrected chi connectivity index (χ4v) is 1.91. The molecule has 1 fully saturated rings. The third-order valence-electron chi connectivity index (χ3n) is 3.03. The molecule has 0 amide bonds. The average molecular weight is 366 g/mol. The number of unbranched alkanes of at least 4 members (excludes halogenated alkanes) is 1. The number of hydrogen-bond donors (Lipinski definition) is 0. The minimum absolute atomic E-state index is 0.194. The van der Waals surface area contributed by atoms with Gasteiger partial charge in [-0.3, -0.25) is 0 Å². The standard InChI is InChI=1S/C13H27N4.2ClH.Fe/c1-2-3-5-15-9-12-17-11-4-6-14-7-8-16-10-13-17;;;/h2-13H2,1H3;2*1H;/q-3;;;+2/p-2. The monoisotopic (exact) mass is 365 g/mol. The SMILES string of the molecule is CCCC[N-]CCN1CCC[N-]CC[N-]CC1.[Cl][Fe][Cl]. The Balaban J connectivity index is 0.00000110. The number of halogens is 2. The molecule has 0 aromatic carbocycles. The molecular formula is C13H27Cl2FeN4-3. The van der Waals surface area contributed by atoms with Gasteiger partial charge in [-0.05, 0) is 19.6 Å². The predicted octanol–water partition coefficient (Wildman–Crippen LogP) is 3.99. The molecule has 0 aromatic rings. The molecule has 0 aromatic heterocycles. The topological polar surface area (TPSA) is 45.5 Å². The van der Waals surface area contributed by atoms with Gasteiger partial charge in [0.05, 0.1) is 0 Å². The predicted molar refractivity (Wildman–Crippen MR) is 87.0 cm³/mol. The van der Waals surface area contributed by atoms with Gasteiger partial charge in [0.15, 0.2) is 0 Å². The van der Waals surface area contributed by atoms with Gasteiger partial charge in [-0.25, -0.2) is 0 Å². The molecule has 1 heterocycles.